The predicted molar refractivity (Wildman–Crippen MR) is 94.5 cm³/mol. The summed E-state index contributed by atoms with van der Waals surface area (Å²) in [7, 11) is 3.47. The Morgan fingerprint density at radius 3 is 2.62 bits per heavy atom. The van der Waals surface area contributed by atoms with Crippen molar-refractivity contribution in [2.45, 2.75) is 50.4 Å². The zero-order valence-electron chi connectivity index (χ0n) is 14.9. The molecular weight excluding hydrogens is 302 g/mol. The van der Waals surface area contributed by atoms with Gasteiger partial charge in [0, 0.05) is 45.3 Å². The molecule has 24 heavy (non-hydrogen) atoms. The second kappa shape index (κ2) is 8.71. The Labute approximate surface area is 145 Å². The topological polar surface area (TPSA) is 30.9 Å². The monoisotopic (exact) mass is 331 g/mol. The average Bonchev–Trinajstić information content (AvgIpc) is 2.59. The van der Waals surface area contributed by atoms with Gasteiger partial charge in [-0.05, 0) is 31.8 Å². The van der Waals surface area contributed by atoms with Gasteiger partial charge in [-0.2, -0.15) is 0 Å². The third-order valence-electron chi connectivity index (χ3n) is 5.18. The smallest absolute Gasteiger partial charge is 0.107 e. The highest BCUT2D eigenvalue weighted by atomic mass is 16.5. The predicted octanol–water partition coefficient (Wildman–Crippen LogP) is 2.75. The molecule has 0 spiro atoms. The van der Waals surface area contributed by atoms with Crippen molar-refractivity contribution in [3.05, 3.63) is 23.9 Å². The van der Waals surface area contributed by atoms with Crippen molar-refractivity contribution in [2.24, 2.45) is 5.92 Å². The van der Waals surface area contributed by atoms with E-state index in [2.05, 4.69) is 35.0 Å². The van der Waals surface area contributed by atoms with Crippen LogP contribution in [-0.2, 0) is 14.2 Å². The van der Waals surface area contributed by atoms with Crippen LogP contribution >= 0.6 is 0 Å². The molecule has 0 aromatic carbocycles. The first kappa shape index (κ1) is 17.5. The molecule has 1 aliphatic heterocycles. The molecule has 2 aliphatic carbocycles. The van der Waals surface area contributed by atoms with Crippen LogP contribution in [0.2, 0.25) is 0 Å². The Hall–Kier alpha value is -1.28. The average molecular weight is 331 g/mol. The van der Waals surface area contributed by atoms with Crippen molar-refractivity contribution in [2.75, 3.05) is 33.9 Å². The standard InChI is InChI=1S/C20H29NO3/c1-22-12-4-6-16-5-3-7-17(13-16)21-10-8-18(9-11-21)24-20-14-19(15-20)23-2/h3,5,7,16,18-20H,8-15H2,1-2H3. The number of piperidine rings is 1. The molecule has 3 rings (SSSR count). The van der Waals surface area contributed by atoms with E-state index in [9.17, 15) is 0 Å². The van der Waals surface area contributed by atoms with Crippen LogP contribution in [0.1, 0.15) is 32.1 Å². The van der Waals surface area contributed by atoms with Gasteiger partial charge in [-0.3, -0.25) is 0 Å². The molecule has 2 fully saturated rings. The number of ether oxygens (including phenoxy) is 3. The minimum atomic E-state index is 0.315. The second-order valence-corrected chi connectivity index (χ2v) is 6.88. The van der Waals surface area contributed by atoms with E-state index in [1.54, 1.807) is 14.2 Å². The number of hydrogen-bond donors (Lipinski definition) is 0. The fraction of sp³-hybridized carbons (Fsp3) is 0.700. The molecule has 3 aliphatic rings. The Morgan fingerprint density at radius 2 is 1.92 bits per heavy atom. The van der Waals surface area contributed by atoms with E-state index in [4.69, 9.17) is 14.2 Å². The minimum absolute atomic E-state index is 0.315. The summed E-state index contributed by atoms with van der Waals surface area (Å²) in [6, 6.07) is 0. The molecule has 1 saturated heterocycles. The second-order valence-electron chi connectivity index (χ2n) is 6.88. The molecule has 0 amide bonds. The molecule has 0 bridgehead atoms. The highest BCUT2D eigenvalue weighted by molar-refractivity contribution is 5.25. The molecule has 1 unspecified atom stereocenters. The lowest BCUT2D eigenvalue weighted by Crippen LogP contribution is -2.43. The maximum atomic E-state index is 6.21. The van der Waals surface area contributed by atoms with Crippen molar-refractivity contribution in [1.29, 1.82) is 0 Å². The molecule has 1 heterocycles. The van der Waals surface area contributed by atoms with Crippen LogP contribution in [0.15, 0.2) is 23.9 Å². The fourth-order valence-electron chi connectivity index (χ4n) is 3.61. The molecule has 0 radical (unpaired) electrons. The van der Waals surface area contributed by atoms with Gasteiger partial charge in [0.25, 0.3) is 0 Å². The van der Waals surface area contributed by atoms with Crippen molar-refractivity contribution >= 4 is 0 Å². The number of likely N-dealkylation sites (tertiary alicyclic amines) is 1. The largest absolute Gasteiger partial charge is 0.381 e. The normalized spacial score (nSPS) is 30.3. The lowest BCUT2D eigenvalue weighted by molar-refractivity contribution is -0.125. The first-order valence-corrected chi connectivity index (χ1v) is 9.06. The summed E-state index contributed by atoms with van der Waals surface area (Å²) < 4.78 is 16.5. The van der Waals surface area contributed by atoms with Crippen LogP contribution in [0.25, 0.3) is 0 Å². The van der Waals surface area contributed by atoms with E-state index in [1.165, 1.54) is 5.70 Å². The lowest BCUT2D eigenvalue weighted by Gasteiger charge is -2.40. The van der Waals surface area contributed by atoms with E-state index in [0.717, 1.165) is 45.2 Å². The summed E-state index contributed by atoms with van der Waals surface area (Å²) in [5.41, 5.74) is 1.41. The highest BCUT2D eigenvalue weighted by Gasteiger charge is 2.33. The summed E-state index contributed by atoms with van der Waals surface area (Å²) in [5.74, 6) is 6.68. The maximum Gasteiger partial charge on any atom is 0.107 e. The molecule has 0 N–H and O–H groups in total. The third-order valence-corrected chi connectivity index (χ3v) is 5.18. The minimum Gasteiger partial charge on any atom is -0.381 e. The Bertz CT molecular complexity index is 517. The Kier molecular flexibility index (Phi) is 6.37. The third kappa shape index (κ3) is 4.63. The summed E-state index contributed by atoms with van der Waals surface area (Å²) >= 11 is 0. The van der Waals surface area contributed by atoms with Gasteiger partial charge in [-0.25, -0.2) is 0 Å². The van der Waals surface area contributed by atoms with E-state index < -0.39 is 0 Å². The molecule has 132 valence electrons. The molecule has 0 aromatic rings. The van der Waals surface area contributed by atoms with Gasteiger partial charge in [-0.15, -0.1) is 0 Å². The fourth-order valence-corrected chi connectivity index (χ4v) is 3.61. The van der Waals surface area contributed by atoms with Gasteiger partial charge in [0.05, 0.1) is 18.3 Å². The number of nitrogens with zero attached hydrogens (tertiary/aromatic N) is 1. The summed E-state index contributed by atoms with van der Waals surface area (Å²) in [4.78, 5) is 2.51. The SMILES string of the molecule is COCC#CC1C=CC=C(N2CCC(OC3CC(OC)C3)CC2)C1. The van der Waals surface area contributed by atoms with Crippen LogP contribution < -0.4 is 0 Å². The first-order valence-electron chi connectivity index (χ1n) is 9.06. The highest BCUT2D eigenvalue weighted by Crippen LogP contribution is 2.30. The van der Waals surface area contributed by atoms with Crippen molar-refractivity contribution in [3.63, 3.8) is 0 Å². The van der Waals surface area contributed by atoms with Crippen LogP contribution in [-0.4, -0.2) is 57.1 Å². The van der Waals surface area contributed by atoms with Gasteiger partial charge in [-0.1, -0.05) is 24.0 Å². The van der Waals surface area contributed by atoms with Gasteiger partial charge >= 0.3 is 0 Å². The van der Waals surface area contributed by atoms with Gasteiger partial charge < -0.3 is 19.1 Å². The quantitative estimate of drug-likeness (QED) is 0.725. The maximum absolute atomic E-state index is 6.21. The summed E-state index contributed by atoms with van der Waals surface area (Å²) in [6.45, 7) is 2.68. The number of methoxy groups -OCH3 is 2. The van der Waals surface area contributed by atoms with E-state index in [-0.39, 0.29) is 0 Å². The lowest BCUT2D eigenvalue weighted by atomic mass is 9.91. The molecule has 1 saturated carbocycles. The number of rotatable bonds is 5. The number of hydrogen-bond acceptors (Lipinski definition) is 4. The van der Waals surface area contributed by atoms with E-state index in [0.29, 0.717) is 30.8 Å². The number of allylic oxidation sites excluding steroid dienone is 4. The molecule has 4 nitrogen and oxygen atoms in total. The van der Waals surface area contributed by atoms with Gasteiger partial charge in [0.15, 0.2) is 0 Å². The zero-order chi connectivity index (χ0) is 16.8. The van der Waals surface area contributed by atoms with E-state index >= 15 is 0 Å². The van der Waals surface area contributed by atoms with Crippen LogP contribution in [0.4, 0.5) is 0 Å². The molecular formula is C20H29NO3. The van der Waals surface area contributed by atoms with Crippen molar-refractivity contribution < 1.29 is 14.2 Å². The first-order chi connectivity index (χ1) is 11.8. The Morgan fingerprint density at radius 1 is 1.12 bits per heavy atom. The summed E-state index contributed by atoms with van der Waals surface area (Å²) in [5, 5.41) is 0. The zero-order valence-corrected chi connectivity index (χ0v) is 14.9. The van der Waals surface area contributed by atoms with Gasteiger partial charge in [0.2, 0.25) is 0 Å². The summed E-state index contributed by atoms with van der Waals surface area (Å²) in [6.07, 6.45) is 13.2. The van der Waals surface area contributed by atoms with Gasteiger partial charge in [0.1, 0.15) is 6.61 Å². The molecule has 4 heteroatoms. The van der Waals surface area contributed by atoms with Crippen molar-refractivity contribution in [3.8, 4) is 11.8 Å². The van der Waals surface area contributed by atoms with E-state index in [1.807, 2.05) is 0 Å². The van der Waals surface area contributed by atoms with Crippen molar-refractivity contribution in [1.82, 2.24) is 4.90 Å². The van der Waals surface area contributed by atoms with Crippen LogP contribution in [0.5, 0.6) is 0 Å². The molecule has 1 atom stereocenters. The Balaban J connectivity index is 1.41. The van der Waals surface area contributed by atoms with Crippen LogP contribution in [0, 0.1) is 17.8 Å². The molecule has 0 aromatic heterocycles. The van der Waals surface area contributed by atoms with Crippen LogP contribution in [0.3, 0.4) is 0 Å².